The van der Waals surface area contributed by atoms with Crippen LogP contribution in [-0.2, 0) is 14.3 Å². The molecule has 0 bridgehead atoms. The van der Waals surface area contributed by atoms with Gasteiger partial charge >= 0.3 is 5.97 Å². The molecule has 6 nitrogen and oxygen atoms in total. The van der Waals surface area contributed by atoms with E-state index < -0.39 is 17.8 Å². The van der Waals surface area contributed by atoms with Crippen molar-refractivity contribution in [1.82, 2.24) is 0 Å². The number of nitrogens with one attached hydrogen (secondary N) is 1. The number of anilines is 1. The Bertz CT molecular complexity index is 519. The van der Waals surface area contributed by atoms with Gasteiger partial charge in [0, 0.05) is 11.8 Å². The van der Waals surface area contributed by atoms with E-state index in [0.29, 0.717) is 23.9 Å². The second kappa shape index (κ2) is 7.73. The first-order valence-corrected chi connectivity index (χ1v) is 6.00. The Morgan fingerprint density at radius 2 is 1.85 bits per heavy atom. The number of hydrogen-bond donors (Lipinski definition) is 1. The Kier molecular flexibility index (Phi) is 5.96. The Morgan fingerprint density at radius 1 is 1.20 bits per heavy atom. The number of ether oxygens (including phenoxy) is 1. The summed E-state index contributed by atoms with van der Waals surface area (Å²) in [6.45, 7) is 2.25. The van der Waals surface area contributed by atoms with Gasteiger partial charge in [0.1, 0.15) is 0 Å². The van der Waals surface area contributed by atoms with Gasteiger partial charge in [-0.2, -0.15) is 0 Å². The Balaban J connectivity index is 2.60. The van der Waals surface area contributed by atoms with E-state index in [0.717, 1.165) is 12.5 Å². The quantitative estimate of drug-likeness (QED) is 0.603. The molecule has 0 heterocycles. The van der Waals surface area contributed by atoms with Crippen LogP contribution in [0.3, 0.4) is 0 Å². The predicted octanol–water partition coefficient (Wildman–Crippen LogP) is 0.498. The van der Waals surface area contributed by atoms with E-state index in [4.69, 9.17) is 4.74 Å². The zero-order valence-corrected chi connectivity index (χ0v) is 10.9. The van der Waals surface area contributed by atoms with Gasteiger partial charge in [0.2, 0.25) is 5.91 Å². The first kappa shape index (κ1) is 15.4. The molecule has 0 unspecified atom stereocenters. The van der Waals surface area contributed by atoms with Crippen LogP contribution in [0.4, 0.5) is 5.69 Å². The van der Waals surface area contributed by atoms with E-state index in [1.807, 2.05) is 6.92 Å². The molecule has 6 heteroatoms. The molecule has 1 amide bonds. The van der Waals surface area contributed by atoms with Gasteiger partial charge in [-0.05, 0) is 36.8 Å². The lowest BCUT2D eigenvalue weighted by Crippen LogP contribution is -2.20. The molecule has 0 spiro atoms. The molecule has 106 valence electrons. The van der Waals surface area contributed by atoms with Gasteiger partial charge in [0.15, 0.2) is 0 Å². The fourth-order valence-electron chi connectivity index (χ4n) is 1.30. The van der Waals surface area contributed by atoms with E-state index in [1.54, 1.807) is 0 Å². The highest BCUT2D eigenvalue weighted by molar-refractivity contribution is 6.02. The van der Waals surface area contributed by atoms with Crippen LogP contribution in [0.25, 0.3) is 0 Å². The van der Waals surface area contributed by atoms with Crippen LogP contribution in [0.2, 0.25) is 0 Å². The number of esters is 1. The van der Waals surface area contributed by atoms with Gasteiger partial charge in [0.25, 0.3) is 0 Å². The fraction of sp³-hybridized carbons (Fsp3) is 0.214. The molecule has 20 heavy (non-hydrogen) atoms. The molecule has 0 atom stereocenters. The average Bonchev–Trinajstić information content (AvgIpc) is 2.43. The number of carboxylic acids is 1. The number of amides is 1. The minimum absolute atomic E-state index is 0.353. The molecule has 0 aliphatic carbocycles. The number of carboxylic acid groups (broad SMARTS) is 1. The predicted molar refractivity (Wildman–Crippen MR) is 69.8 cm³/mol. The van der Waals surface area contributed by atoms with Gasteiger partial charge in [-0.25, -0.2) is 4.79 Å². The molecule has 0 saturated heterocycles. The van der Waals surface area contributed by atoms with E-state index in [9.17, 15) is 19.5 Å². The molecule has 1 rings (SSSR count). The SMILES string of the molecule is CCCOC(=O)c1ccc(NC(=O)C=CC(=O)[O-])cc1. The summed E-state index contributed by atoms with van der Waals surface area (Å²) >= 11 is 0. The first-order valence-electron chi connectivity index (χ1n) is 6.00. The Labute approximate surface area is 116 Å². The van der Waals surface area contributed by atoms with Crippen molar-refractivity contribution in [2.45, 2.75) is 13.3 Å². The lowest BCUT2D eigenvalue weighted by atomic mass is 10.2. The van der Waals surface area contributed by atoms with Crippen LogP contribution in [0.5, 0.6) is 0 Å². The molecule has 0 aliphatic rings. The minimum atomic E-state index is -1.45. The summed E-state index contributed by atoms with van der Waals surface area (Å²) < 4.78 is 4.95. The molecule has 0 saturated carbocycles. The second-order valence-corrected chi connectivity index (χ2v) is 3.85. The number of rotatable bonds is 6. The highest BCUT2D eigenvalue weighted by atomic mass is 16.5. The standard InChI is InChI=1S/C14H15NO5/c1-2-9-20-14(19)10-3-5-11(6-4-10)15-12(16)7-8-13(17)18/h3-8H,2,9H2,1H3,(H,15,16)(H,17,18)/p-1. The summed E-state index contributed by atoms with van der Waals surface area (Å²) in [5.74, 6) is -2.48. The number of carbonyl (C=O) groups is 3. The first-order chi connectivity index (χ1) is 9.52. The third kappa shape index (κ3) is 5.34. The summed E-state index contributed by atoms with van der Waals surface area (Å²) in [5.41, 5.74) is 0.812. The average molecular weight is 276 g/mol. The molecule has 0 radical (unpaired) electrons. The maximum atomic E-state index is 11.5. The lowest BCUT2D eigenvalue weighted by molar-refractivity contribution is -0.297. The van der Waals surface area contributed by atoms with E-state index in [1.165, 1.54) is 24.3 Å². The van der Waals surface area contributed by atoms with Crippen molar-refractivity contribution in [3.8, 4) is 0 Å². The van der Waals surface area contributed by atoms with Crippen molar-refractivity contribution in [3.63, 3.8) is 0 Å². The van der Waals surface area contributed by atoms with Gasteiger partial charge < -0.3 is 20.0 Å². The van der Waals surface area contributed by atoms with Crippen molar-refractivity contribution in [1.29, 1.82) is 0 Å². The van der Waals surface area contributed by atoms with Crippen LogP contribution < -0.4 is 10.4 Å². The van der Waals surface area contributed by atoms with E-state index in [2.05, 4.69) is 5.32 Å². The Hall–Kier alpha value is -2.63. The summed E-state index contributed by atoms with van der Waals surface area (Å²) in [6.07, 6.45) is 2.22. The summed E-state index contributed by atoms with van der Waals surface area (Å²) in [7, 11) is 0. The highest BCUT2D eigenvalue weighted by Gasteiger charge is 2.06. The molecular formula is C14H14NO5-. The molecular weight excluding hydrogens is 262 g/mol. The zero-order valence-electron chi connectivity index (χ0n) is 10.9. The van der Waals surface area contributed by atoms with Crippen molar-refractivity contribution in [3.05, 3.63) is 42.0 Å². The van der Waals surface area contributed by atoms with Crippen LogP contribution in [0, 0.1) is 0 Å². The lowest BCUT2D eigenvalue weighted by Gasteiger charge is -2.05. The summed E-state index contributed by atoms with van der Waals surface area (Å²) in [5, 5.41) is 12.6. The number of hydrogen-bond acceptors (Lipinski definition) is 5. The van der Waals surface area contributed by atoms with Crippen molar-refractivity contribution >= 4 is 23.5 Å². The Morgan fingerprint density at radius 3 is 2.40 bits per heavy atom. The third-order valence-corrected chi connectivity index (χ3v) is 2.20. The van der Waals surface area contributed by atoms with Crippen molar-refractivity contribution in [2.75, 3.05) is 11.9 Å². The minimum Gasteiger partial charge on any atom is -0.545 e. The van der Waals surface area contributed by atoms with Gasteiger partial charge in [-0.1, -0.05) is 6.92 Å². The maximum Gasteiger partial charge on any atom is 0.338 e. The van der Waals surface area contributed by atoms with Crippen molar-refractivity contribution in [2.24, 2.45) is 0 Å². The van der Waals surface area contributed by atoms with Crippen molar-refractivity contribution < 1.29 is 24.2 Å². The van der Waals surface area contributed by atoms with Crippen LogP contribution >= 0.6 is 0 Å². The summed E-state index contributed by atoms with van der Waals surface area (Å²) in [4.78, 5) is 33.0. The second-order valence-electron chi connectivity index (χ2n) is 3.85. The largest absolute Gasteiger partial charge is 0.545 e. The molecule has 1 N–H and O–H groups in total. The number of benzene rings is 1. The number of carbonyl (C=O) groups excluding carboxylic acids is 3. The third-order valence-electron chi connectivity index (χ3n) is 2.20. The molecule has 0 aliphatic heterocycles. The summed E-state index contributed by atoms with van der Waals surface area (Å²) in [6, 6.07) is 6.06. The monoisotopic (exact) mass is 276 g/mol. The normalized spacial score (nSPS) is 10.2. The number of aliphatic carboxylic acids is 1. The van der Waals surface area contributed by atoms with Gasteiger partial charge in [-0.3, -0.25) is 4.79 Å². The van der Waals surface area contributed by atoms with Crippen LogP contribution in [0.15, 0.2) is 36.4 Å². The van der Waals surface area contributed by atoms with Crippen LogP contribution in [0.1, 0.15) is 23.7 Å². The molecule has 1 aromatic carbocycles. The van der Waals surface area contributed by atoms with E-state index >= 15 is 0 Å². The smallest absolute Gasteiger partial charge is 0.338 e. The molecule has 1 aromatic rings. The fourth-order valence-corrected chi connectivity index (χ4v) is 1.30. The highest BCUT2D eigenvalue weighted by Crippen LogP contribution is 2.10. The maximum absolute atomic E-state index is 11.5. The zero-order chi connectivity index (χ0) is 15.0. The molecule has 0 aromatic heterocycles. The topological polar surface area (TPSA) is 95.5 Å². The van der Waals surface area contributed by atoms with E-state index in [-0.39, 0.29) is 0 Å². The van der Waals surface area contributed by atoms with Gasteiger partial charge in [-0.15, -0.1) is 0 Å². The molecule has 0 fully saturated rings. The van der Waals surface area contributed by atoms with Crippen LogP contribution in [-0.4, -0.2) is 24.5 Å². The van der Waals surface area contributed by atoms with Gasteiger partial charge in [0.05, 0.1) is 18.1 Å².